The average Bonchev–Trinajstić information content (AvgIpc) is 2.26. The second kappa shape index (κ2) is 10.0. The highest BCUT2D eigenvalue weighted by Gasteiger charge is 2.10. The molecule has 90 valence electrons. The maximum Gasteiger partial charge on any atom is 0.308 e. The van der Waals surface area contributed by atoms with E-state index in [-0.39, 0.29) is 11.9 Å². The molecule has 0 saturated heterocycles. The molecule has 0 aliphatic rings. The van der Waals surface area contributed by atoms with E-state index in [4.69, 9.17) is 4.74 Å². The van der Waals surface area contributed by atoms with Gasteiger partial charge in [0.2, 0.25) is 0 Å². The summed E-state index contributed by atoms with van der Waals surface area (Å²) in [6.07, 6.45) is 8.27. The summed E-state index contributed by atoms with van der Waals surface area (Å²) in [4.78, 5) is 11.3. The third-order valence-electron chi connectivity index (χ3n) is 2.76. The molecule has 2 heteroatoms. The first kappa shape index (κ1) is 14.5. The van der Waals surface area contributed by atoms with Crippen LogP contribution in [0, 0.1) is 5.92 Å². The molecule has 0 aromatic rings. The second-order valence-electron chi connectivity index (χ2n) is 4.24. The third kappa shape index (κ3) is 8.46. The molecule has 1 atom stereocenters. The first-order chi connectivity index (χ1) is 7.22. The largest absolute Gasteiger partial charge is 0.465 e. The van der Waals surface area contributed by atoms with Crippen molar-refractivity contribution in [3.05, 3.63) is 0 Å². The Morgan fingerprint density at radius 1 is 1.07 bits per heavy atom. The van der Waals surface area contributed by atoms with E-state index in [9.17, 15) is 4.79 Å². The quantitative estimate of drug-likeness (QED) is 0.429. The molecule has 0 unspecified atom stereocenters. The van der Waals surface area contributed by atoms with Crippen molar-refractivity contribution in [2.24, 2.45) is 5.92 Å². The SMILES string of the molecule is CCCCCCCCOC(=O)[C@H](C)CC. The zero-order valence-corrected chi connectivity index (χ0v) is 10.6. The molecule has 0 radical (unpaired) electrons. The van der Waals surface area contributed by atoms with E-state index in [2.05, 4.69) is 6.92 Å². The average molecular weight is 214 g/mol. The van der Waals surface area contributed by atoms with Crippen LogP contribution < -0.4 is 0 Å². The van der Waals surface area contributed by atoms with Crippen LogP contribution in [-0.4, -0.2) is 12.6 Å². The summed E-state index contributed by atoms with van der Waals surface area (Å²) in [5.74, 6) is 0.0242. The first-order valence-corrected chi connectivity index (χ1v) is 6.39. The Morgan fingerprint density at radius 3 is 2.27 bits per heavy atom. The van der Waals surface area contributed by atoms with Gasteiger partial charge in [0.1, 0.15) is 0 Å². The predicted octanol–water partition coefficient (Wildman–Crippen LogP) is 3.94. The number of carbonyl (C=O) groups is 1. The highest BCUT2D eigenvalue weighted by molar-refractivity contribution is 5.71. The second-order valence-corrected chi connectivity index (χ2v) is 4.24. The Hall–Kier alpha value is -0.530. The number of hydrogen-bond acceptors (Lipinski definition) is 2. The Morgan fingerprint density at radius 2 is 1.67 bits per heavy atom. The minimum atomic E-state index is -0.0361. The summed E-state index contributed by atoms with van der Waals surface area (Å²) in [6.45, 7) is 6.75. The van der Waals surface area contributed by atoms with Gasteiger partial charge in [-0.25, -0.2) is 0 Å². The zero-order chi connectivity index (χ0) is 11.5. The van der Waals surface area contributed by atoms with Gasteiger partial charge in [0.25, 0.3) is 0 Å². The van der Waals surface area contributed by atoms with Crippen LogP contribution in [0.3, 0.4) is 0 Å². The van der Waals surface area contributed by atoms with Crippen LogP contribution in [-0.2, 0) is 9.53 Å². The van der Waals surface area contributed by atoms with E-state index >= 15 is 0 Å². The molecule has 0 rings (SSSR count). The standard InChI is InChI=1S/C13H26O2/c1-4-6-7-8-9-10-11-15-13(14)12(3)5-2/h12H,4-11H2,1-3H3/t12-/m1/s1. The molecule has 0 bridgehead atoms. The Labute approximate surface area is 94.4 Å². The molecule has 0 aliphatic carbocycles. The molecular weight excluding hydrogens is 188 g/mol. The fourth-order valence-corrected chi connectivity index (χ4v) is 1.36. The molecule has 0 heterocycles. The van der Waals surface area contributed by atoms with Crippen molar-refractivity contribution in [2.45, 2.75) is 65.7 Å². The highest BCUT2D eigenvalue weighted by Crippen LogP contribution is 2.07. The zero-order valence-electron chi connectivity index (χ0n) is 10.6. The molecule has 0 aromatic carbocycles. The van der Waals surface area contributed by atoms with Gasteiger partial charge >= 0.3 is 5.97 Å². The molecule has 0 amide bonds. The third-order valence-corrected chi connectivity index (χ3v) is 2.76. The van der Waals surface area contributed by atoms with Gasteiger partial charge in [0, 0.05) is 0 Å². The van der Waals surface area contributed by atoms with Gasteiger partial charge in [-0.1, -0.05) is 52.9 Å². The van der Waals surface area contributed by atoms with E-state index in [1.807, 2.05) is 13.8 Å². The molecule has 0 N–H and O–H groups in total. The molecule has 0 aromatic heterocycles. The van der Waals surface area contributed by atoms with Gasteiger partial charge in [-0.05, 0) is 12.8 Å². The number of hydrogen-bond donors (Lipinski definition) is 0. The van der Waals surface area contributed by atoms with E-state index in [0.29, 0.717) is 6.61 Å². The summed E-state index contributed by atoms with van der Waals surface area (Å²) < 4.78 is 5.16. The number of rotatable bonds is 9. The van der Waals surface area contributed by atoms with Crippen LogP contribution in [0.5, 0.6) is 0 Å². The van der Waals surface area contributed by atoms with E-state index in [1.54, 1.807) is 0 Å². The summed E-state index contributed by atoms with van der Waals surface area (Å²) >= 11 is 0. The van der Waals surface area contributed by atoms with Crippen molar-refractivity contribution in [2.75, 3.05) is 6.61 Å². The fourth-order valence-electron chi connectivity index (χ4n) is 1.36. The van der Waals surface area contributed by atoms with Crippen LogP contribution in [0.25, 0.3) is 0 Å². The Bertz CT molecular complexity index is 155. The lowest BCUT2D eigenvalue weighted by atomic mass is 10.1. The van der Waals surface area contributed by atoms with Crippen molar-refractivity contribution in [3.8, 4) is 0 Å². The van der Waals surface area contributed by atoms with Crippen LogP contribution in [0.15, 0.2) is 0 Å². The van der Waals surface area contributed by atoms with Crippen molar-refractivity contribution >= 4 is 5.97 Å². The number of ether oxygens (including phenoxy) is 1. The molecule has 0 aliphatic heterocycles. The normalized spacial score (nSPS) is 12.5. The van der Waals surface area contributed by atoms with Gasteiger partial charge in [0.05, 0.1) is 12.5 Å². The predicted molar refractivity (Wildman–Crippen MR) is 63.8 cm³/mol. The molecule has 15 heavy (non-hydrogen) atoms. The molecule has 0 fully saturated rings. The molecular formula is C13H26O2. The van der Waals surface area contributed by atoms with Crippen LogP contribution in [0.4, 0.5) is 0 Å². The van der Waals surface area contributed by atoms with Crippen LogP contribution in [0.2, 0.25) is 0 Å². The lowest BCUT2D eigenvalue weighted by Crippen LogP contribution is -2.14. The van der Waals surface area contributed by atoms with Gasteiger partial charge < -0.3 is 4.74 Å². The van der Waals surface area contributed by atoms with Crippen molar-refractivity contribution in [3.63, 3.8) is 0 Å². The fraction of sp³-hybridized carbons (Fsp3) is 0.923. The first-order valence-electron chi connectivity index (χ1n) is 6.39. The lowest BCUT2D eigenvalue weighted by Gasteiger charge is -2.08. The van der Waals surface area contributed by atoms with Gasteiger partial charge in [-0.2, -0.15) is 0 Å². The smallest absolute Gasteiger partial charge is 0.308 e. The van der Waals surface area contributed by atoms with Crippen molar-refractivity contribution < 1.29 is 9.53 Å². The molecule has 2 nitrogen and oxygen atoms in total. The van der Waals surface area contributed by atoms with E-state index < -0.39 is 0 Å². The van der Waals surface area contributed by atoms with Gasteiger partial charge in [0.15, 0.2) is 0 Å². The maximum absolute atomic E-state index is 11.3. The van der Waals surface area contributed by atoms with Gasteiger partial charge in [-0.3, -0.25) is 4.79 Å². The Kier molecular flexibility index (Phi) is 9.65. The van der Waals surface area contributed by atoms with Gasteiger partial charge in [-0.15, -0.1) is 0 Å². The number of unbranched alkanes of at least 4 members (excludes halogenated alkanes) is 5. The summed E-state index contributed by atoms with van der Waals surface area (Å²) in [7, 11) is 0. The summed E-state index contributed by atoms with van der Waals surface area (Å²) in [5.41, 5.74) is 0. The highest BCUT2D eigenvalue weighted by atomic mass is 16.5. The summed E-state index contributed by atoms with van der Waals surface area (Å²) in [6, 6.07) is 0. The van der Waals surface area contributed by atoms with Crippen LogP contribution in [0.1, 0.15) is 65.7 Å². The summed E-state index contributed by atoms with van der Waals surface area (Å²) in [5, 5.41) is 0. The van der Waals surface area contributed by atoms with Crippen molar-refractivity contribution in [1.82, 2.24) is 0 Å². The minimum Gasteiger partial charge on any atom is -0.465 e. The monoisotopic (exact) mass is 214 g/mol. The topological polar surface area (TPSA) is 26.3 Å². The van der Waals surface area contributed by atoms with Crippen LogP contribution >= 0.6 is 0 Å². The molecule has 0 saturated carbocycles. The Balaban J connectivity index is 3.20. The van der Waals surface area contributed by atoms with E-state index in [0.717, 1.165) is 12.8 Å². The number of esters is 1. The minimum absolute atomic E-state index is 0.0361. The number of carbonyl (C=O) groups excluding carboxylic acids is 1. The van der Waals surface area contributed by atoms with Crippen molar-refractivity contribution in [1.29, 1.82) is 0 Å². The van der Waals surface area contributed by atoms with E-state index in [1.165, 1.54) is 32.1 Å². The maximum atomic E-state index is 11.3. The molecule has 0 spiro atoms. The lowest BCUT2D eigenvalue weighted by molar-refractivity contribution is -0.148.